The van der Waals surface area contributed by atoms with Crippen molar-refractivity contribution in [3.05, 3.63) is 24.1 Å². The van der Waals surface area contributed by atoms with E-state index in [0.717, 1.165) is 23.6 Å². The zero-order valence-corrected chi connectivity index (χ0v) is 19.8. The fourth-order valence-corrected chi connectivity index (χ4v) is 4.08. The summed E-state index contributed by atoms with van der Waals surface area (Å²) in [4.78, 5) is 29.6. The molecule has 4 aromatic heterocycles. The van der Waals surface area contributed by atoms with Crippen LogP contribution >= 0.6 is 0 Å². The van der Waals surface area contributed by atoms with Gasteiger partial charge in [-0.1, -0.05) is 5.10 Å². The highest BCUT2D eigenvalue weighted by atomic mass is 16.5. The first-order valence-electron chi connectivity index (χ1n) is 11.0. The molecule has 178 valence electrons. The van der Waals surface area contributed by atoms with Crippen molar-refractivity contribution in [3.63, 3.8) is 0 Å². The van der Waals surface area contributed by atoms with Crippen molar-refractivity contribution in [1.82, 2.24) is 44.4 Å². The molecule has 5 rings (SSSR count). The number of anilines is 1. The lowest BCUT2D eigenvalue weighted by Gasteiger charge is -2.15. The molecule has 1 fully saturated rings. The van der Waals surface area contributed by atoms with Gasteiger partial charge in [-0.2, -0.15) is 10.1 Å². The largest absolute Gasteiger partial charge is 0.471 e. The highest BCUT2D eigenvalue weighted by Crippen LogP contribution is 2.30. The number of hydrogen-bond acceptors (Lipinski definition) is 10. The minimum absolute atomic E-state index is 0.0360. The molecule has 0 aliphatic carbocycles. The van der Waals surface area contributed by atoms with Crippen LogP contribution in [0, 0.1) is 6.92 Å². The molecule has 13 heteroatoms. The van der Waals surface area contributed by atoms with Crippen LogP contribution in [0.25, 0.3) is 22.6 Å². The normalized spacial score (nSPS) is 15.9. The second-order valence-electron chi connectivity index (χ2n) is 8.37. The molecule has 1 saturated heterocycles. The number of likely N-dealkylation sites (tertiary alicyclic amines) is 1. The van der Waals surface area contributed by atoms with Gasteiger partial charge in [0.25, 0.3) is 0 Å². The predicted octanol–water partition coefficient (Wildman–Crippen LogP) is 1.30. The van der Waals surface area contributed by atoms with Gasteiger partial charge in [0, 0.05) is 46.3 Å². The van der Waals surface area contributed by atoms with Crippen molar-refractivity contribution >= 4 is 23.1 Å². The van der Waals surface area contributed by atoms with Gasteiger partial charge >= 0.3 is 17.8 Å². The molecule has 1 aliphatic rings. The molecule has 0 saturated carbocycles. The van der Waals surface area contributed by atoms with E-state index in [0.29, 0.717) is 36.6 Å². The van der Waals surface area contributed by atoms with E-state index in [1.54, 1.807) is 23.9 Å². The Morgan fingerprint density at radius 3 is 2.82 bits per heavy atom. The van der Waals surface area contributed by atoms with Gasteiger partial charge in [-0.25, -0.2) is 9.97 Å². The Morgan fingerprint density at radius 2 is 2.12 bits per heavy atom. The number of hydrogen-bond donors (Lipinski definition) is 0. The van der Waals surface area contributed by atoms with Gasteiger partial charge in [0.2, 0.25) is 5.88 Å². The van der Waals surface area contributed by atoms with Crippen molar-refractivity contribution in [2.45, 2.75) is 32.9 Å². The van der Waals surface area contributed by atoms with Crippen molar-refractivity contribution < 1.29 is 13.9 Å². The molecule has 0 radical (unpaired) electrons. The average molecular weight is 467 g/mol. The minimum Gasteiger partial charge on any atom is -0.471 e. The first-order valence-corrected chi connectivity index (χ1v) is 11.0. The van der Waals surface area contributed by atoms with E-state index >= 15 is 0 Å². The van der Waals surface area contributed by atoms with Crippen LogP contribution in [0.2, 0.25) is 0 Å². The van der Waals surface area contributed by atoms with Crippen molar-refractivity contribution in [1.29, 1.82) is 0 Å². The van der Waals surface area contributed by atoms with Gasteiger partial charge < -0.3 is 23.5 Å². The van der Waals surface area contributed by atoms with E-state index in [2.05, 4.69) is 25.3 Å². The molecule has 0 aromatic carbocycles. The average Bonchev–Trinajstić information content (AvgIpc) is 3.61. The number of amides is 1. The Hall–Kier alpha value is -4.03. The highest BCUT2D eigenvalue weighted by molar-refractivity contribution is 5.90. The SMILES string of the molecule is CCn1ncc(-c2nc3c(OC4CCN(C(=O)c5nnc(N(C)C)o5)C4)ncnc3n2C)c1C. The third-order valence-electron chi connectivity index (χ3n) is 5.96. The van der Waals surface area contributed by atoms with Gasteiger partial charge in [-0.3, -0.25) is 9.48 Å². The van der Waals surface area contributed by atoms with Gasteiger partial charge in [-0.05, 0) is 13.8 Å². The van der Waals surface area contributed by atoms with E-state index in [1.165, 1.54) is 6.33 Å². The fraction of sp³-hybridized carbons (Fsp3) is 0.476. The molecular weight excluding hydrogens is 440 g/mol. The van der Waals surface area contributed by atoms with Crippen LogP contribution in [0.15, 0.2) is 16.9 Å². The number of carbonyl (C=O) groups is 1. The standard InChI is InChI=1S/C21H26N10O3/c1-6-31-12(2)14(9-24-31)16-25-15-17(29(16)5)22-11-23-18(15)33-13-7-8-30(10-13)20(32)19-26-27-21(34-19)28(3)4/h9,11,13H,6-8,10H2,1-5H3. The molecule has 34 heavy (non-hydrogen) atoms. The smallest absolute Gasteiger partial charge is 0.318 e. The number of nitrogens with zero attached hydrogens (tertiary/aromatic N) is 10. The minimum atomic E-state index is -0.317. The Bertz CT molecular complexity index is 1350. The molecule has 0 spiro atoms. The van der Waals surface area contributed by atoms with Crippen LogP contribution in [0.4, 0.5) is 6.01 Å². The summed E-state index contributed by atoms with van der Waals surface area (Å²) in [5, 5.41) is 12.2. The summed E-state index contributed by atoms with van der Waals surface area (Å²) < 4.78 is 15.5. The maximum Gasteiger partial charge on any atom is 0.318 e. The van der Waals surface area contributed by atoms with Crippen LogP contribution in [-0.4, -0.2) is 83.6 Å². The number of imidazole rings is 1. The maximum atomic E-state index is 12.8. The third kappa shape index (κ3) is 3.62. The monoisotopic (exact) mass is 466 g/mol. The summed E-state index contributed by atoms with van der Waals surface area (Å²) in [5.41, 5.74) is 3.19. The first kappa shape index (κ1) is 21.8. The lowest BCUT2D eigenvalue weighted by molar-refractivity contribution is 0.0733. The predicted molar refractivity (Wildman–Crippen MR) is 121 cm³/mol. The van der Waals surface area contributed by atoms with Crippen LogP contribution in [-0.2, 0) is 13.6 Å². The number of aryl methyl sites for hydroxylation is 2. The number of ether oxygens (including phenoxy) is 1. The van der Waals surface area contributed by atoms with Gasteiger partial charge in [0.1, 0.15) is 18.3 Å². The summed E-state index contributed by atoms with van der Waals surface area (Å²) in [7, 11) is 5.45. The Balaban J connectivity index is 1.36. The van der Waals surface area contributed by atoms with Gasteiger partial charge in [0.15, 0.2) is 11.2 Å². The van der Waals surface area contributed by atoms with E-state index < -0.39 is 0 Å². The highest BCUT2D eigenvalue weighted by Gasteiger charge is 2.32. The lowest BCUT2D eigenvalue weighted by atomic mass is 10.2. The van der Waals surface area contributed by atoms with Gasteiger partial charge in [0.05, 0.1) is 18.3 Å². The summed E-state index contributed by atoms with van der Waals surface area (Å²) >= 11 is 0. The zero-order chi connectivity index (χ0) is 24.0. The van der Waals surface area contributed by atoms with E-state index in [9.17, 15) is 4.79 Å². The Labute approximate surface area is 195 Å². The molecule has 1 unspecified atom stereocenters. The summed E-state index contributed by atoms with van der Waals surface area (Å²) in [6.45, 7) is 5.74. The molecule has 1 aliphatic heterocycles. The molecule has 4 aromatic rings. The zero-order valence-electron chi connectivity index (χ0n) is 19.8. The van der Waals surface area contributed by atoms with Crippen molar-refractivity contribution in [2.75, 3.05) is 32.1 Å². The van der Waals surface area contributed by atoms with Crippen LogP contribution < -0.4 is 9.64 Å². The summed E-state index contributed by atoms with van der Waals surface area (Å²) in [6.07, 6.45) is 3.68. The van der Waals surface area contributed by atoms with Crippen LogP contribution in [0.5, 0.6) is 5.88 Å². The van der Waals surface area contributed by atoms with Crippen LogP contribution in [0.1, 0.15) is 29.7 Å². The van der Waals surface area contributed by atoms with Gasteiger partial charge in [-0.15, -0.1) is 5.10 Å². The molecule has 13 nitrogen and oxygen atoms in total. The molecule has 1 atom stereocenters. The number of fused-ring (bicyclic) bond motifs is 1. The third-order valence-corrected chi connectivity index (χ3v) is 5.96. The number of aromatic nitrogens is 8. The van der Waals surface area contributed by atoms with E-state index in [4.69, 9.17) is 14.1 Å². The van der Waals surface area contributed by atoms with Crippen molar-refractivity contribution in [2.24, 2.45) is 7.05 Å². The Morgan fingerprint density at radius 1 is 1.29 bits per heavy atom. The molecular formula is C21H26N10O3. The fourth-order valence-electron chi connectivity index (χ4n) is 4.08. The Kier molecular flexibility index (Phi) is 5.38. The summed E-state index contributed by atoms with van der Waals surface area (Å²) in [5.74, 6) is 0.780. The summed E-state index contributed by atoms with van der Waals surface area (Å²) in [6, 6.07) is 0.282. The number of carbonyl (C=O) groups excluding carboxylic acids is 1. The second kappa shape index (κ2) is 8.39. The van der Waals surface area contributed by atoms with E-state index in [1.807, 2.05) is 36.3 Å². The van der Waals surface area contributed by atoms with Crippen LogP contribution in [0.3, 0.4) is 0 Å². The van der Waals surface area contributed by atoms with Crippen molar-refractivity contribution in [3.8, 4) is 17.3 Å². The molecule has 0 N–H and O–H groups in total. The maximum absolute atomic E-state index is 12.8. The molecule has 0 bridgehead atoms. The lowest BCUT2D eigenvalue weighted by Crippen LogP contribution is -2.31. The topological polar surface area (TPSA) is 133 Å². The molecule has 5 heterocycles. The first-order chi connectivity index (χ1) is 16.4. The number of rotatable bonds is 6. The second-order valence-corrected chi connectivity index (χ2v) is 8.37. The quantitative estimate of drug-likeness (QED) is 0.409. The molecule has 1 amide bonds. The van der Waals surface area contributed by atoms with E-state index in [-0.39, 0.29) is 23.9 Å².